The Hall–Kier alpha value is -3.96. The van der Waals surface area contributed by atoms with Gasteiger partial charge in [-0.05, 0) is 48.5 Å². The quantitative estimate of drug-likeness (QED) is 0.134. The third kappa shape index (κ3) is 5.27. The molecule has 0 saturated heterocycles. The molecule has 8 nitrogen and oxygen atoms in total. The number of hydrogen-bond acceptors (Lipinski definition) is 5. The van der Waals surface area contributed by atoms with Crippen LogP contribution in [0.4, 0.5) is 31.6 Å². The lowest BCUT2D eigenvalue weighted by Gasteiger charge is -2.28. The van der Waals surface area contributed by atoms with Crippen LogP contribution in [-0.4, -0.2) is 21.2 Å². The molecule has 0 bridgehead atoms. The Balaban J connectivity index is 2.09. The topological polar surface area (TPSA) is 105 Å². The number of amides is 1. The monoisotopic (exact) mass is 471 g/mol. The Labute approximate surface area is 193 Å². The predicted octanol–water partition coefficient (Wildman–Crippen LogP) is 4.71. The maximum absolute atomic E-state index is 15.5. The van der Waals surface area contributed by atoms with Crippen molar-refractivity contribution >= 4 is 46.0 Å². The smallest absolute Gasteiger partial charge is 0.292 e. The van der Waals surface area contributed by atoms with Crippen molar-refractivity contribution in [3.63, 3.8) is 0 Å². The van der Waals surface area contributed by atoms with Crippen LogP contribution in [0.15, 0.2) is 66.7 Å². The molecule has 3 N–H and O–H groups in total. The molecule has 0 radical (unpaired) electrons. The normalized spacial score (nSPS) is 10.4. The predicted molar refractivity (Wildman–Crippen MR) is 125 cm³/mol. The second-order valence-corrected chi connectivity index (χ2v) is 7.34. The molecule has 0 aliphatic rings. The molecule has 3 aromatic rings. The largest absolute Gasteiger partial charge is 0.326 e. The molecule has 3 aromatic carbocycles. The summed E-state index contributed by atoms with van der Waals surface area (Å²) in [7, 11) is 0. The van der Waals surface area contributed by atoms with E-state index in [9.17, 15) is 19.4 Å². The second-order valence-electron chi connectivity index (χ2n) is 6.96. The summed E-state index contributed by atoms with van der Waals surface area (Å²) in [6, 6.07) is 17.1. The van der Waals surface area contributed by atoms with Crippen LogP contribution in [0, 0.1) is 22.9 Å². The van der Waals surface area contributed by atoms with Crippen LogP contribution >= 0.6 is 12.2 Å². The van der Waals surface area contributed by atoms with Crippen LogP contribution < -0.4 is 16.1 Å². The van der Waals surface area contributed by atoms with Gasteiger partial charge in [-0.1, -0.05) is 46.9 Å². The van der Waals surface area contributed by atoms with Crippen LogP contribution in [0.25, 0.3) is 0 Å². The van der Waals surface area contributed by atoms with Gasteiger partial charge in [-0.25, -0.2) is 10.2 Å². The highest BCUT2D eigenvalue weighted by molar-refractivity contribution is 7.80. The Morgan fingerprint density at radius 2 is 1.73 bits per heavy atom. The lowest BCUT2D eigenvalue weighted by atomic mass is 10.1. The molecule has 170 valence electrons. The molecule has 0 fully saturated rings. The number of nitro groups is 1. The maximum atomic E-state index is 15.5. The zero-order valence-electron chi connectivity index (χ0n) is 17.4. The van der Waals surface area contributed by atoms with Crippen LogP contribution in [0.1, 0.15) is 11.1 Å². The summed E-state index contributed by atoms with van der Waals surface area (Å²) < 4.78 is 28.5. The number of aryl methyl sites for hydroxylation is 1. The van der Waals surface area contributed by atoms with Crippen molar-refractivity contribution < 1.29 is 18.6 Å². The number of carbonyl (C=O) groups excluding carboxylic acids is 1. The van der Waals surface area contributed by atoms with Gasteiger partial charge in [0.05, 0.1) is 22.7 Å². The number of nitrogens with zero attached hydrogens (tertiary/aromatic N) is 3. The van der Waals surface area contributed by atoms with E-state index in [-0.39, 0.29) is 27.7 Å². The van der Waals surface area contributed by atoms with Crippen LogP contribution in [0.2, 0.25) is 0 Å². The molecule has 1 amide bonds. The van der Waals surface area contributed by atoms with Crippen molar-refractivity contribution in [2.24, 2.45) is 5.84 Å². The minimum absolute atomic E-state index is 0.0342. The van der Waals surface area contributed by atoms with Crippen molar-refractivity contribution in [2.75, 3.05) is 10.2 Å². The molecule has 0 aromatic heterocycles. The van der Waals surface area contributed by atoms with Gasteiger partial charge in [-0.3, -0.25) is 19.8 Å². The van der Waals surface area contributed by atoms with Gasteiger partial charge in [0.15, 0.2) is 10.9 Å². The summed E-state index contributed by atoms with van der Waals surface area (Å²) >= 11 is 5.53. The lowest BCUT2D eigenvalue weighted by molar-refractivity contribution is -0.383. The summed E-state index contributed by atoms with van der Waals surface area (Å²) in [5.74, 6) is 2.87. The fourth-order valence-electron chi connectivity index (χ4n) is 3.19. The Kier molecular flexibility index (Phi) is 7.26. The maximum Gasteiger partial charge on any atom is 0.292 e. The van der Waals surface area contributed by atoms with Gasteiger partial charge in [0.2, 0.25) is 0 Å². The first kappa shape index (κ1) is 23.7. The number of thiocarbonyl (C=S) groups is 1. The van der Waals surface area contributed by atoms with Gasteiger partial charge in [0.25, 0.3) is 11.6 Å². The average Bonchev–Trinajstić information content (AvgIpc) is 2.77. The number of para-hydroxylation sites is 3. The number of nitrogens with two attached hydrogens (primary N) is 1. The number of rotatable bonds is 6. The Morgan fingerprint density at radius 3 is 2.39 bits per heavy atom. The molecule has 33 heavy (non-hydrogen) atoms. The number of halogens is 2. The number of carbonyl (C=O) groups is 1. The summed E-state index contributed by atoms with van der Waals surface area (Å²) in [6.45, 7) is 1.79. The summed E-state index contributed by atoms with van der Waals surface area (Å²) in [5, 5.41) is 13.6. The number of hydrogen-bond donors (Lipinski definition) is 2. The van der Waals surface area contributed by atoms with E-state index in [0.717, 1.165) is 5.56 Å². The lowest BCUT2D eigenvalue weighted by Crippen LogP contribution is -2.33. The number of hydrazine groups is 1. The van der Waals surface area contributed by atoms with E-state index in [2.05, 4.69) is 5.32 Å². The van der Waals surface area contributed by atoms with Gasteiger partial charge >= 0.3 is 0 Å². The van der Waals surface area contributed by atoms with Crippen molar-refractivity contribution in [3.05, 3.63) is 93.8 Å². The average molecular weight is 471 g/mol. The van der Waals surface area contributed by atoms with E-state index in [0.29, 0.717) is 5.69 Å². The molecule has 11 heteroatoms. The highest BCUT2D eigenvalue weighted by Gasteiger charge is 2.24. The van der Waals surface area contributed by atoms with Crippen molar-refractivity contribution in [1.82, 2.24) is 5.23 Å². The van der Waals surface area contributed by atoms with Crippen LogP contribution in [-0.2, 0) is 11.2 Å². The first-order chi connectivity index (χ1) is 15.7. The minimum atomic E-state index is -1.13. The Morgan fingerprint density at radius 1 is 1.09 bits per heavy atom. The molecule has 0 aliphatic carbocycles. The zero-order valence-corrected chi connectivity index (χ0v) is 18.2. The molecule has 0 unspecified atom stereocenters. The summed E-state index contributed by atoms with van der Waals surface area (Å²) in [4.78, 5) is 23.9. The van der Waals surface area contributed by atoms with E-state index >= 15 is 4.39 Å². The number of nitro benzene ring substituents is 1. The van der Waals surface area contributed by atoms with Crippen LogP contribution in [0.3, 0.4) is 0 Å². The molecule has 0 saturated carbocycles. The molecular formula is C22H19F2N5O3S. The van der Waals surface area contributed by atoms with Gasteiger partial charge < -0.3 is 5.32 Å². The summed E-state index contributed by atoms with van der Waals surface area (Å²) in [6.07, 6.45) is -0.612. The zero-order chi connectivity index (χ0) is 24.1. The number of anilines is 3. The Bertz CT molecular complexity index is 1220. The number of nitrogens with one attached hydrogen (secondary N) is 1. The molecular weight excluding hydrogens is 452 g/mol. The second kappa shape index (κ2) is 10.1. The first-order valence-electron chi connectivity index (χ1n) is 9.61. The molecule has 0 heterocycles. The third-order valence-corrected chi connectivity index (χ3v) is 5.07. The van der Waals surface area contributed by atoms with Crippen molar-refractivity contribution in [2.45, 2.75) is 13.3 Å². The van der Waals surface area contributed by atoms with Gasteiger partial charge in [0.1, 0.15) is 5.69 Å². The van der Waals surface area contributed by atoms with Gasteiger partial charge in [-0.15, -0.1) is 5.23 Å². The SMILES string of the molecule is Cc1ccccc1N(C(=S)Nc1ccccc1[N+](=O)[O-])c1cccc(CC(=O)N(N)F)c1F. The standard InChI is InChI=1S/C22H19F2N5O3S/c1-14-7-2-4-10-17(14)27(22(33)26-16-9-3-5-11-18(16)29(31)32)19-12-6-8-15(21(19)23)13-20(30)28(24)25/h2-12H,13,25H2,1H3,(H,26,33). The molecule has 0 atom stereocenters. The van der Waals surface area contributed by atoms with Gasteiger partial charge in [0, 0.05) is 6.07 Å². The third-order valence-electron chi connectivity index (χ3n) is 4.78. The van der Waals surface area contributed by atoms with Crippen LogP contribution in [0.5, 0.6) is 0 Å². The van der Waals surface area contributed by atoms with E-state index < -0.39 is 28.3 Å². The highest BCUT2D eigenvalue weighted by Crippen LogP contribution is 2.34. The summed E-state index contributed by atoms with van der Waals surface area (Å²) in [5.41, 5.74) is 1.01. The molecule has 3 rings (SSSR count). The molecule has 0 spiro atoms. The van der Waals surface area contributed by atoms with Crippen molar-refractivity contribution in [3.8, 4) is 0 Å². The van der Waals surface area contributed by atoms with Crippen molar-refractivity contribution in [1.29, 1.82) is 0 Å². The van der Waals surface area contributed by atoms with E-state index in [4.69, 9.17) is 18.1 Å². The van der Waals surface area contributed by atoms with E-state index in [1.54, 1.807) is 37.3 Å². The van der Waals surface area contributed by atoms with E-state index in [1.807, 2.05) is 0 Å². The minimum Gasteiger partial charge on any atom is -0.326 e. The van der Waals surface area contributed by atoms with E-state index in [1.165, 1.54) is 41.3 Å². The van der Waals surface area contributed by atoms with Gasteiger partial charge in [-0.2, -0.15) is 0 Å². The fraction of sp³-hybridized carbons (Fsp3) is 0.0909. The number of benzene rings is 3. The fourth-order valence-corrected chi connectivity index (χ4v) is 3.49. The molecule has 0 aliphatic heterocycles. The highest BCUT2D eigenvalue weighted by atomic mass is 32.1. The first-order valence-corrected chi connectivity index (χ1v) is 10.0.